The van der Waals surface area contributed by atoms with Crippen molar-refractivity contribution in [3.63, 3.8) is 0 Å². The fraction of sp³-hybridized carbons (Fsp3) is 0.792. The lowest BCUT2D eigenvalue weighted by Crippen LogP contribution is -2.63. The first-order valence-corrected chi connectivity index (χ1v) is 13.2. The molecular weight excluding hydrogens is 588 g/mol. The molecule has 2 aliphatic heterocycles. The molecule has 3 aliphatic rings. The maximum atomic E-state index is 13.8. The monoisotopic (exact) mass is 619 g/mol. The van der Waals surface area contributed by atoms with E-state index in [2.05, 4.69) is 10.7 Å². The Labute approximate surface area is 236 Å². The second-order valence-electron chi connectivity index (χ2n) is 12.2. The first-order valence-electron chi connectivity index (χ1n) is 12.8. The van der Waals surface area contributed by atoms with E-state index in [1.165, 1.54) is 26.1 Å². The first kappa shape index (κ1) is 32.7. The van der Waals surface area contributed by atoms with Crippen molar-refractivity contribution < 1.29 is 50.3 Å². The van der Waals surface area contributed by atoms with Gasteiger partial charge in [0.05, 0.1) is 12.5 Å². The van der Waals surface area contributed by atoms with Gasteiger partial charge in [0.1, 0.15) is 12.1 Å². The van der Waals surface area contributed by atoms with E-state index in [-0.39, 0.29) is 25.4 Å². The summed E-state index contributed by atoms with van der Waals surface area (Å²) in [5.74, 6) is -14.0. The number of hydrazine groups is 1. The molecule has 0 aromatic heterocycles. The smallest absolute Gasteiger partial charge is 0.356 e. The molecule has 232 valence electrons. The summed E-state index contributed by atoms with van der Waals surface area (Å²) in [7, 11) is 0. The third kappa shape index (κ3) is 6.21. The number of carbonyl (C=O) groups is 5. The van der Waals surface area contributed by atoms with E-state index in [9.17, 15) is 50.3 Å². The van der Waals surface area contributed by atoms with Gasteiger partial charge in [-0.15, -0.1) is 0 Å². The highest BCUT2D eigenvalue weighted by molar-refractivity contribution is 6.29. The number of fused-ring (bicyclic) bond motifs is 1. The minimum absolute atomic E-state index is 0.104. The van der Waals surface area contributed by atoms with Crippen LogP contribution in [-0.2, 0) is 24.0 Å². The number of carbonyl (C=O) groups excluding carboxylic acids is 5. The molecule has 2 unspecified atom stereocenters. The van der Waals surface area contributed by atoms with Gasteiger partial charge in [0.15, 0.2) is 0 Å². The number of nitrogens with zero attached hydrogens (tertiary/aromatic N) is 2. The number of rotatable bonds is 7. The molecule has 0 bridgehead atoms. The second kappa shape index (κ2) is 10.8. The summed E-state index contributed by atoms with van der Waals surface area (Å²) >= 11 is 5.30. The van der Waals surface area contributed by atoms with Crippen LogP contribution < -0.4 is 16.1 Å². The number of piperidine rings is 1. The van der Waals surface area contributed by atoms with Crippen molar-refractivity contribution in [2.45, 2.75) is 70.9 Å². The third-order valence-electron chi connectivity index (χ3n) is 8.05. The van der Waals surface area contributed by atoms with Gasteiger partial charge in [0.2, 0.25) is 11.8 Å². The predicted octanol–water partition coefficient (Wildman–Crippen LogP) is 1.73. The van der Waals surface area contributed by atoms with Gasteiger partial charge in [-0.1, -0.05) is 46.2 Å². The fourth-order valence-corrected chi connectivity index (χ4v) is 5.64. The molecule has 2 saturated heterocycles. The van der Waals surface area contributed by atoms with Crippen LogP contribution in [-0.4, -0.2) is 88.9 Å². The van der Waals surface area contributed by atoms with Crippen LogP contribution in [0.25, 0.3) is 0 Å². The molecule has 41 heavy (non-hydrogen) atoms. The van der Waals surface area contributed by atoms with Crippen molar-refractivity contribution in [2.24, 2.45) is 28.6 Å². The second-order valence-corrected chi connectivity index (χ2v) is 12.6. The van der Waals surface area contributed by atoms with E-state index in [4.69, 9.17) is 11.6 Å². The van der Waals surface area contributed by atoms with Gasteiger partial charge >= 0.3 is 18.0 Å². The lowest BCUT2D eigenvalue weighted by molar-refractivity contribution is -0.270. The van der Waals surface area contributed by atoms with E-state index in [1.54, 1.807) is 13.8 Å². The summed E-state index contributed by atoms with van der Waals surface area (Å²) in [5, 5.41) is 4.58. The Morgan fingerprint density at radius 1 is 1.15 bits per heavy atom. The molecule has 3 rings (SSSR count). The largest absolute Gasteiger partial charge is 0.463 e. The molecule has 6 atom stereocenters. The van der Waals surface area contributed by atoms with Crippen LogP contribution in [0.3, 0.4) is 0 Å². The van der Waals surface area contributed by atoms with E-state index in [1.807, 2.05) is 0 Å². The highest BCUT2D eigenvalue weighted by Crippen LogP contribution is 2.65. The Morgan fingerprint density at radius 2 is 1.73 bits per heavy atom. The number of likely N-dealkylation sites (tertiary alicyclic amines) is 1. The topological polar surface area (TPSA) is 128 Å². The summed E-state index contributed by atoms with van der Waals surface area (Å²) < 4.78 is 79.7. The van der Waals surface area contributed by atoms with Gasteiger partial charge < -0.3 is 15.5 Å². The number of hydrogen-bond acceptors (Lipinski definition) is 5. The zero-order valence-corrected chi connectivity index (χ0v) is 23.6. The molecule has 3 fully saturated rings. The van der Waals surface area contributed by atoms with Crippen molar-refractivity contribution in [3.05, 3.63) is 0 Å². The summed E-state index contributed by atoms with van der Waals surface area (Å²) in [4.78, 5) is 64.6. The minimum atomic E-state index is -6.22. The molecule has 5 amide bonds. The zero-order valence-electron chi connectivity index (χ0n) is 22.9. The van der Waals surface area contributed by atoms with Crippen molar-refractivity contribution >= 4 is 41.1 Å². The molecular formula is C24H32ClF6N5O5. The van der Waals surface area contributed by atoms with Crippen molar-refractivity contribution in [3.8, 4) is 0 Å². The quantitative estimate of drug-likeness (QED) is 0.227. The van der Waals surface area contributed by atoms with E-state index in [0.717, 1.165) is 4.90 Å². The first-order chi connectivity index (χ1) is 18.5. The van der Waals surface area contributed by atoms with Crippen molar-refractivity contribution in [1.29, 1.82) is 0 Å². The standard InChI is InChI=1S/C24H32ClF6N5O5/c1-21(2,3)14(33-20(41)23(27,28)24(29,30)31)18(39)35-9-11-12(22(11,4)5)13(35)17(38)34-36(19(40)15(25)26)8-10-6-7-32-16(10)37/h10-15H,6-9H2,1-5H3,(H,32,37)(H,33,41)(H,34,38)/t10-,11-,12-,13-,14?,15?/m0/s1. The molecule has 2 heterocycles. The summed E-state index contributed by atoms with van der Waals surface area (Å²) in [5.41, 5.74) is -2.24. The van der Waals surface area contributed by atoms with Crippen LogP contribution in [0.15, 0.2) is 0 Å². The lowest BCUT2D eigenvalue weighted by Gasteiger charge is -2.38. The molecule has 3 N–H and O–H groups in total. The summed E-state index contributed by atoms with van der Waals surface area (Å²) in [6.07, 6.45) is -5.94. The van der Waals surface area contributed by atoms with Gasteiger partial charge in [-0.2, -0.15) is 22.0 Å². The third-order valence-corrected chi connectivity index (χ3v) is 8.24. The van der Waals surface area contributed by atoms with Gasteiger partial charge in [-0.25, -0.2) is 9.40 Å². The van der Waals surface area contributed by atoms with Gasteiger partial charge in [-0.3, -0.25) is 29.4 Å². The number of amides is 5. The fourth-order valence-electron chi connectivity index (χ4n) is 5.53. The predicted molar refractivity (Wildman–Crippen MR) is 130 cm³/mol. The van der Waals surface area contributed by atoms with E-state index < -0.39 is 88.6 Å². The number of nitrogens with one attached hydrogen (secondary N) is 3. The zero-order chi connectivity index (χ0) is 31.5. The molecule has 0 aromatic carbocycles. The Balaban J connectivity index is 1.89. The average Bonchev–Trinajstić information content (AvgIpc) is 3.17. The van der Waals surface area contributed by atoms with Gasteiger partial charge in [0.25, 0.3) is 17.4 Å². The highest BCUT2D eigenvalue weighted by Gasteiger charge is 2.70. The molecule has 10 nitrogen and oxygen atoms in total. The Hall–Kier alpha value is -2.78. The van der Waals surface area contributed by atoms with Crippen molar-refractivity contribution in [1.82, 2.24) is 26.0 Å². The van der Waals surface area contributed by atoms with Crippen LogP contribution >= 0.6 is 11.6 Å². The van der Waals surface area contributed by atoms with E-state index in [0.29, 0.717) is 5.01 Å². The molecule has 1 aliphatic carbocycles. The molecule has 17 heteroatoms. The highest BCUT2D eigenvalue weighted by atomic mass is 35.5. The van der Waals surface area contributed by atoms with Gasteiger partial charge in [0, 0.05) is 13.1 Å². The van der Waals surface area contributed by atoms with Crippen LogP contribution in [0.2, 0.25) is 0 Å². The van der Waals surface area contributed by atoms with Crippen molar-refractivity contribution in [2.75, 3.05) is 19.6 Å². The lowest BCUT2D eigenvalue weighted by atomic mass is 9.85. The van der Waals surface area contributed by atoms with Crippen LogP contribution in [0.1, 0.15) is 41.0 Å². The maximum Gasteiger partial charge on any atom is 0.463 e. The Morgan fingerprint density at radius 3 is 2.20 bits per heavy atom. The van der Waals surface area contributed by atoms with E-state index >= 15 is 0 Å². The summed E-state index contributed by atoms with van der Waals surface area (Å²) in [6.45, 7) is 7.31. The van der Waals surface area contributed by atoms with Crippen LogP contribution in [0, 0.1) is 28.6 Å². The summed E-state index contributed by atoms with van der Waals surface area (Å²) in [6, 6.07) is -3.27. The molecule has 0 spiro atoms. The van der Waals surface area contributed by atoms with Crippen LogP contribution in [0.5, 0.6) is 0 Å². The number of halogens is 7. The SMILES string of the molecule is CC(C)(C)C(NC(=O)C(F)(F)C(F)(F)F)C(=O)N1C[C@H]2[C@@H]([C@H]1C(=O)NN(C[C@@H]1CCNC1=O)C(=O)C(F)Cl)C2(C)C. The number of alkyl halides is 7. The maximum absolute atomic E-state index is 13.8. The van der Waals surface area contributed by atoms with Crippen LogP contribution in [0.4, 0.5) is 26.3 Å². The van der Waals surface area contributed by atoms with Gasteiger partial charge in [-0.05, 0) is 29.1 Å². The Bertz CT molecular complexity index is 1110. The Kier molecular flexibility index (Phi) is 8.63. The minimum Gasteiger partial charge on any atom is -0.356 e. The molecule has 1 saturated carbocycles. The molecule has 0 aromatic rings. The number of hydrogen-bond donors (Lipinski definition) is 3. The average molecular weight is 620 g/mol. The molecule has 0 radical (unpaired) electrons. The normalized spacial score (nSPS) is 26.9.